The highest BCUT2D eigenvalue weighted by Crippen LogP contribution is 2.25. The van der Waals surface area contributed by atoms with Crippen LogP contribution in [0.4, 0.5) is 0 Å². The molecule has 0 saturated heterocycles. The van der Waals surface area contributed by atoms with E-state index in [2.05, 4.69) is 9.97 Å². The van der Waals surface area contributed by atoms with Crippen molar-refractivity contribution >= 4 is 16.9 Å². The maximum atomic E-state index is 11.0. The molecular weight excluding hydrogens is 228 g/mol. The molecule has 4 nitrogen and oxygen atoms in total. The Morgan fingerprint density at radius 3 is 2.78 bits per heavy atom. The van der Waals surface area contributed by atoms with Crippen molar-refractivity contribution in [2.45, 2.75) is 6.92 Å². The van der Waals surface area contributed by atoms with E-state index in [-0.39, 0.29) is 0 Å². The van der Waals surface area contributed by atoms with Crippen molar-refractivity contribution in [1.29, 1.82) is 0 Å². The summed E-state index contributed by atoms with van der Waals surface area (Å²) in [5, 5.41) is 10.1. The van der Waals surface area contributed by atoms with Gasteiger partial charge in [0, 0.05) is 28.5 Å². The second-order valence-corrected chi connectivity index (χ2v) is 4.31. The third-order valence-corrected chi connectivity index (χ3v) is 3.11. The molecular formula is C14H12N2O2. The van der Waals surface area contributed by atoms with Crippen molar-refractivity contribution < 1.29 is 9.90 Å². The van der Waals surface area contributed by atoms with Crippen molar-refractivity contribution in [3.63, 3.8) is 0 Å². The van der Waals surface area contributed by atoms with Gasteiger partial charge in [0.05, 0.1) is 5.56 Å². The lowest BCUT2D eigenvalue weighted by Crippen LogP contribution is -1.95. The van der Waals surface area contributed by atoms with Crippen LogP contribution < -0.4 is 0 Å². The van der Waals surface area contributed by atoms with E-state index in [9.17, 15) is 4.79 Å². The molecule has 0 aliphatic rings. The number of hydrogen-bond acceptors (Lipinski definition) is 1. The van der Waals surface area contributed by atoms with E-state index in [0.717, 1.165) is 22.2 Å². The van der Waals surface area contributed by atoms with Gasteiger partial charge in [-0.1, -0.05) is 6.07 Å². The molecule has 3 N–H and O–H groups in total. The first-order chi connectivity index (χ1) is 8.65. The largest absolute Gasteiger partial charge is 0.478 e. The summed E-state index contributed by atoms with van der Waals surface area (Å²) in [4.78, 5) is 17.2. The van der Waals surface area contributed by atoms with Crippen molar-refractivity contribution in [3.8, 4) is 11.3 Å². The third-order valence-electron chi connectivity index (χ3n) is 3.11. The fourth-order valence-electron chi connectivity index (χ4n) is 2.16. The zero-order valence-electron chi connectivity index (χ0n) is 9.82. The predicted molar refractivity (Wildman–Crippen MR) is 69.8 cm³/mol. The molecule has 1 aromatic carbocycles. The van der Waals surface area contributed by atoms with Gasteiger partial charge < -0.3 is 15.1 Å². The van der Waals surface area contributed by atoms with Crippen LogP contribution >= 0.6 is 0 Å². The summed E-state index contributed by atoms with van der Waals surface area (Å²) in [5.41, 5.74) is 3.87. The summed E-state index contributed by atoms with van der Waals surface area (Å²) in [6.07, 6.45) is 1.89. The number of aromatic carboxylic acids is 1. The molecule has 0 saturated carbocycles. The minimum atomic E-state index is -0.905. The fourth-order valence-corrected chi connectivity index (χ4v) is 2.16. The van der Waals surface area contributed by atoms with Crippen molar-refractivity contribution in [2.75, 3.05) is 0 Å². The Hall–Kier alpha value is -2.49. The highest BCUT2D eigenvalue weighted by molar-refractivity contribution is 5.92. The van der Waals surface area contributed by atoms with E-state index in [1.54, 1.807) is 13.0 Å². The highest BCUT2D eigenvalue weighted by atomic mass is 16.4. The molecule has 0 radical (unpaired) electrons. The summed E-state index contributed by atoms with van der Waals surface area (Å²) in [7, 11) is 0. The molecule has 0 bridgehead atoms. The highest BCUT2D eigenvalue weighted by Gasteiger charge is 2.12. The Balaban J connectivity index is 2.13. The molecule has 0 fully saturated rings. The first-order valence-corrected chi connectivity index (χ1v) is 5.65. The topological polar surface area (TPSA) is 68.9 Å². The molecule has 18 heavy (non-hydrogen) atoms. The van der Waals surface area contributed by atoms with Crippen LogP contribution in [0.25, 0.3) is 22.2 Å². The number of aryl methyl sites for hydroxylation is 1. The van der Waals surface area contributed by atoms with E-state index in [4.69, 9.17) is 5.11 Å². The molecule has 0 atom stereocenters. The Bertz CT molecular complexity index is 737. The van der Waals surface area contributed by atoms with E-state index < -0.39 is 5.97 Å². The van der Waals surface area contributed by atoms with Gasteiger partial charge in [0.1, 0.15) is 0 Å². The van der Waals surface area contributed by atoms with E-state index in [1.165, 1.54) is 0 Å². The molecule has 90 valence electrons. The Morgan fingerprint density at radius 2 is 2.06 bits per heavy atom. The maximum absolute atomic E-state index is 11.0. The van der Waals surface area contributed by atoms with Crippen LogP contribution in [0.2, 0.25) is 0 Å². The van der Waals surface area contributed by atoms with E-state index in [0.29, 0.717) is 11.3 Å². The van der Waals surface area contributed by atoms with Gasteiger partial charge >= 0.3 is 5.97 Å². The number of benzene rings is 1. The molecule has 4 heteroatoms. The van der Waals surface area contributed by atoms with Crippen molar-refractivity contribution in [3.05, 3.63) is 47.8 Å². The summed E-state index contributed by atoms with van der Waals surface area (Å²) in [5.74, 6) is -0.905. The van der Waals surface area contributed by atoms with Crippen LogP contribution in [0.5, 0.6) is 0 Å². The molecule has 0 aliphatic heterocycles. The number of hydrogen-bond donors (Lipinski definition) is 3. The Labute approximate surface area is 103 Å². The predicted octanol–water partition coefficient (Wildman–Crippen LogP) is 3.17. The van der Waals surface area contributed by atoms with Crippen LogP contribution in [-0.4, -0.2) is 21.0 Å². The number of H-pyrrole nitrogens is 2. The van der Waals surface area contributed by atoms with Gasteiger partial charge in [0.2, 0.25) is 0 Å². The number of carboxylic acids is 1. The number of rotatable bonds is 2. The van der Waals surface area contributed by atoms with Crippen LogP contribution in [0.1, 0.15) is 16.1 Å². The van der Waals surface area contributed by atoms with Gasteiger partial charge in [-0.15, -0.1) is 0 Å². The van der Waals surface area contributed by atoms with Crippen LogP contribution in [-0.2, 0) is 0 Å². The van der Waals surface area contributed by atoms with Gasteiger partial charge in [0.25, 0.3) is 0 Å². The molecule has 0 aliphatic carbocycles. The molecule has 3 rings (SSSR count). The first kappa shape index (κ1) is 10.7. The van der Waals surface area contributed by atoms with Crippen LogP contribution in [0.15, 0.2) is 36.5 Å². The van der Waals surface area contributed by atoms with Crippen LogP contribution in [0.3, 0.4) is 0 Å². The van der Waals surface area contributed by atoms with Gasteiger partial charge in [-0.25, -0.2) is 4.79 Å². The number of aromatic nitrogens is 2. The Kier molecular flexibility index (Phi) is 2.23. The third kappa shape index (κ3) is 1.59. The Morgan fingerprint density at radius 1 is 1.22 bits per heavy atom. The second kappa shape index (κ2) is 3.77. The number of carbonyl (C=O) groups is 1. The smallest absolute Gasteiger partial charge is 0.337 e. The molecule has 0 amide bonds. The van der Waals surface area contributed by atoms with Gasteiger partial charge in [0.15, 0.2) is 0 Å². The van der Waals surface area contributed by atoms with Crippen molar-refractivity contribution in [1.82, 2.24) is 9.97 Å². The zero-order valence-corrected chi connectivity index (χ0v) is 9.82. The summed E-state index contributed by atoms with van der Waals surface area (Å²) < 4.78 is 0. The average molecular weight is 240 g/mol. The molecule has 0 spiro atoms. The van der Waals surface area contributed by atoms with Gasteiger partial charge in [-0.3, -0.25) is 0 Å². The first-order valence-electron chi connectivity index (χ1n) is 5.65. The summed E-state index contributed by atoms with van der Waals surface area (Å²) in [6.45, 7) is 1.77. The van der Waals surface area contributed by atoms with Crippen molar-refractivity contribution in [2.24, 2.45) is 0 Å². The number of carboxylic acid groups (broad SMARTS) is 1. The lowest BCUT2D eigenvalue weighted by atomic mass is 10.1. The van der Waals surface area contributed by atoms with E-state index in [1.807, 2.05) is 30.5 Å². The minimum Gasteiger partial charge on any atom is -0.478 e. The summed E-state index contributed by atoms with van der Waals surface area (Å²) in [6, 6.07) is 9.65. The van der Waals surface area contributed by atoms with E-state index >= 15 is 0 Å². The SMILES string of the molecule is Cc1[nH]c(-c2ccc3[nH]ccc3c2)cc1C(=O)O. The standard InChI is InChI=1S/C14H12N2O2/c1-8-11(14(17)18)7-13(16-8)9-2-3-12-10(6-9)4-5-15-12/h2-7,15-16H,1H3,(H,17,18). The number of aromatic amines is 2. The van der Waals surface area contributed by atoms with Gasteiger partial charge in [-0.2, -0.15) is 0 Å². The molecule has 2 aromatic heterocycles. The molecule has 2 heterocycles. The number of nitrogens with one attached hydrogen (secondary N) is 2. The quantitative estimate of drug-likeness (QED) is 0.644. The normalized spacial score (nSPS) is 10.9. The minimum absolute atomic E-state index is 0.319. The fraction of sp³-hybridized carbons (Fsp3) is 0.0714. The van der Waals surface area contributed by atoms with Gasteiger partial charge in [-0.05, 0) is 36.8 Å². The lowest BCUT2D eigenvalue weighted by molar-refractivity contribution is 0.0696. The number of fused-ring (bicyclic) bond motifs is 1. The molecule has 0 unspecified atom stereocenters. The second-order valence-electron chi connectivity index (χ2n) is 4.31. The van der Waals surface area contributed by atoms with Crippen LogP contribution in [0, 0.1) is 6.92 Å². The molecule has 3 aromatic rings. The average Bonchev–Trinajstić information content (AvgIpc) is 2.93. The maximum Gasteiger partial charge on any atom is 0.337 e. The zero-order chi connectivity index (χ0) is 12.7. The lowest BCUT2D eigenvalue weighted by Gasteiger charge is -1.98. The summed E-state index contributed by atoms with van der Waals surface area (Å²) >= 11 is 0. The monoisotopic (exact) mass is 240 g/mol.